The van der Waals surface area contributed by atoms with E-state index in [1.54, 1.807) is 0 Å². The zero-order valence-electron chi connectivity index (χ0n) is 7.29. The first-order valence-electron chi connectivity index (χ1n) is 4.10. The predicted octanol–water partition coefficient (Wildman–Crippen LogP) is 1.10. The number of rotatable bonds is 6. The van der Waals surface area contributed by atoms with Gasteiger partial charge in [0.05, 0.1) is 6.61 Å². The molecule has 0 bridgehead atoms. The van der Waals surface area contributed by atoms with Gasteiger partial charge in [-0.25, -0.2) is 0 Å². The molecular formula is C8H18O3. The van der Waals surface area contributed by atoms with Gasteiger partial charge in [0, 0.05) is 0 Å². The first-order chi connectivity index (χ1) is 5.13. The van der Waals surface area contributed by atoms with Gasteiger partial charge in [0.1, 0.15) is 0 Å². The summed E-state index contributed by atoms with van der Waals surface area (Å²) in [5.74, 6) is 0.717. The van der Waals surface area contributed by atoms with Gasteiger partial charge in [-0.05, 0) is 12.3 Å². The van der Waals surface area contributed by atoms with Gasteiger partial charge in [0.15, 0.2) is 0 Å². The Hall–Kier alpha value is -0.120. The third-order valence-electron chi connectivity index (χ3n) is 1.44. The highest BCUT2D eigenvalue weighted by atomic mass is 16.7. The second-order valence-corrected chi connectivity index (χ2v) is 3.09. The molecule has 2 N–H and O–H groups in total. The van der Waals surface area contributed by atoms with Crippen LogP contribution in [-0.4, -0.2) is 23.3 Å². The molecular weight excluding hydrogens is 144 g/mol. The topological polar surface area (TPSA) is 49.7 Å². The molecule has 0 radical (unpaired) electrons. The Morgan fingerprint density at radius 3 is 2.27 bits per heavy atom. The van der Waals surface area contributed by atoms with Crippen molar-refractivity contribution in [1.82, 2.24) is 0 Å². The van der Waals surface area contributed by atoms with Crippen LogP contribution in [0.1, 0.15) is 33.1 Å². The zero-order chi connectivity index (χ0) is 8.69. The van der Waals surface area contributed by atoms with Crippen molar-refractivity contribution in [3.05, 3.63) is 0 Å². The molecule has 0 saturated heterocycles. The Morgan fingerprint density at radius 2 is 1.82 bits per heavy atom. The summed E-state index contributed by atoms with van der Waals surface area (Å²) in [5, 5.41) is 16.6. The summed E-state index contributed by atoms with van der Waals surface area (Å²) in [7, 11) is 0. The minimum atomic E-state index is -1.60. The lowest BCUT2D eigenvalue weighted by Crippen LogP contribution is -2.10. The molecule has 0 aromatic rings. The molecule has 68 valence electrons. The Morgan fingerprint density at radius 1 is 1.18 bits per heavy atom. The van der Waals surface area contributed by atoms with Gasteiger partial charge >= 0.3 is 0 Å². The molecule has 0 aliphatic carbocycles. The zero-order valence-corrected chi connectivity index (χ0v) is 7.29. The summed E-state index contributed by atoms with van der Waals surface area (Å²) in [6.07, 6.45) is 3.16. The summed E-state index contributed by atoms with van der Waals surface area (Å²) >= 11 is 0. The SMILES string of the molecule is CC(C)CCCCOC(O)O. The Balaban J connectivity index is 2.91. The molecule has 0 aromatic carbocycles. The van der Waals surface area contributed by atoms with E-state index in [2.05, 4.69) is 18.6 Å². The quantitative estimate of drug-likeness (QED) is 0.454. The summed E-state index contributed by atoms with van der Waals surface area (Å²) < 4.78 is 4.53. The molecule has 11 heavy (non-hydrogen) atoms. The van der Waals surface area contributed by atoms with E-state index in [4.69, 9.17) is 10.2 Å². The van der Waals surface area contributed by atoms with Crippen molar-refractivity contribution in [1.29, 1.82) is 0 Å². The highest BCUT2D eigenvalue weighted by molar-refractivity contribution is 4.45. The van der Waals surface area contributed by atoms with Gasteiger partial charge in [-0.1, -0.05) is 26.7 Å². The first-order valence-corrected chi connectivity index (χ1v) is 4.10. The monoisotopic (exact) mass is 162 g/mol. The van der Waals surface area contributed by atoms with Gasteiger partial charge < -0.3 is 14.9 Å². The average molecular weight is 162 g/mol. The smallest absolute Gasteiger partial charge is 0.266 e. The number of aliphatic hydroxyl groups is 2. The number of hydrogen-bond donors (Lipinski definition) is 2. The minimum absolute atomic E-state index is 0.435. The van der Waals surface area contributed by atoms with E-state index in [0.29, 0.717) is 12.5 Å². The van der Waals surface area contributed by atoms with Crippen molar-refractivity contribution in [2.75, 3.05) is 6.61 Å². The number of unbranched alkanes of at least 4 members (excludes halogenated alkanes) is 1. The fourth-order valence-corrected chi connectivity index (χ4v) is 0.843. The molecule has 0 saturated carbocycles. The summed E-state index contributed by atoms with van der Waals surface area (Å²) in [5.41, 5.74) is 0. The Kier molecular flexibility index (Phi) is 6.51. The summed E-state index contributed by atoms with van der Waals surface area (Å²) in [6.45, 7) is 3.17. The van der Waals surface area contributed by atoms with Crippen LogP contribution in [0.25, 0.3) is 0 Å². The summed E-state index contributed by atoms with van der Waals surface area (Å²) in [4.78, 5) is 0. The predicted molar refractivity (Wildman–Crippen MR) is 42.9 cm³/mol. The van der Waals surface area contributed by atoms with Crippen molar-refractivity contribution in [3.8, 4) is 0 Å². The van der Waals surface area contributed by atoms with E-state index in [-0.39, 0.29) is 0 Å². The fraction of sp³-hybridized carbons (Fsp3) is 1.00. The lowest BCUT2D eigenvalue weighted by Gasteiger charge is -2.06. The molecule has 0 aliphatic heterocycles. The van der Waals surface area contributed by atoms with Crippen molar-refractivity contribution in [2.45, 2.75) is 39.6 Å². The Labute approximate surface area is 68.0 Å². The molecule has 3 nitrogen and oxygen atoms in total. The lowest BCUT2D eigenvalue weighted by molar-refractivity contribution is -0.234. The second kappa shape index (κ2) is 6.58. The normalized spacial score (nSPS) is 11.5. The van der Waals surface area contributed by atoms with Gasteiger partial charge in [-0.3, -0.25) is 0 Å². The van der Waals surface area contributed by atoms with Crippen molar-refractivity contribution in [2.24, 2.45) is 5.92 Å². The van der Waals surface area contributed by atoms with Crippen LogP contribution in [0.2, 0.25) is 0 Å². The van der Waals surface area contributed by atoms with Crippen LogP contribution in [0.4, 0.5) is 0 Å². The molecule has 0 spiro atoms. The molecule has 0 unspecified atom stereocenters. The highest BCUT2D eigenvalue weighted by Crippen LogP contribution is 2.05. The minimum Gasteiger partial charge on any atom is -0.346 e. The maximum absolute atomic E-state index is 8.29. The van der Waals surface area contributed by atoms with E-state index in [0.717, 1.165) is 12.8 Å². The third-order valence-corrected chi connectivity index (χ3v) is 1.44. The van der Waals surface area contributed by atoms with Crippen LogP contribution in [0, 0.1) is 5.92 Å². The van der Waals surface area contributed by atoms with Gasteiger partial charge in [0.2, 0.25) is 0 Å². The lowest BCUT2D eigenvalue weighted by atomic mass is 10.1. The number of hydrogen-bond acceptors (Lipinski definition) is 3. The molecule has 0 heterocycles. The fourth-order valence-electron chi connectivity index (χ4n) is 0.843. The summed E-state index contributed by atoms with van der Waals surface area (Å²) in [6, 6.07) is 0. The molecule has 3 heteroatoms. The van der Waals surface area contributed by atoms with E-state index in [9.17, 15) is 0 Å². The average Bonchev–Trinajstić information content (AvgIpc) is 1.85. The Bertz CT molecular complexity index is 71.4. The molecule has 0 aliphatic rings. The van der Waals surface area contributed by atoms with E-state index < -0.39 is 6.48 Å². The van der Waals surface area contributed by atoms with Gasteiger partial charge in [-0.15, -0.1) is 0 Å². The maximum Gasteiger partial charge on any atom is 0.266 e. The first kappa shape index (κ1) is 10.9. The van der Waals surface area contributed by atoms with Crippen LogP contribution in [0.3, 0.4) is 0 Å². The van der Waals surface area contributed by atoms with E-state index in [1.165, 1.54) is 6.42 Å². The van der Waals surface area contributed by atoms with E-state index in [1.807, 2.05) is 0 Å². The number of aliphatic hydroxyl groups excluding tert-OH is 1. The molecule has 0 amide bonds. The van der Waals surface area contributed by atoms with Crippen molar-refractivity contribution < 1.29 is 14.9 Å². The van der Waals surface area contributed by atoms with Crippen LogP contribution in [-0.2, 0) is 4.74 Å². The van der Waals surface area contributed by atoms with Gasteiger partial charge in [0.25, 0.3) is 6.48 Å². The third kappa shape index (κ3) is 9.88. The second-order valence-electron chi connectivity index (χ2n) is 3.09. The van der Waals surface area contributed by atoms with Crippen molar-refractivity contribution >= 4 is 0 Å². The molecule has 0 rings (SSSR count). The highest BCUT2D eigenvalue weighted by Gasteiger charge is 1.97. The van der Waals surface area contributed by atoms with Crippen LogP contribution >= 0.6 is 0 Å². The van der Waals surface area contributed by atoms with Gasteiger partial charge in [-0.2, -0.15) is 0 Å². The van der Waals surface area contributed by atoms with E-state index >= 15 is 0 Å². The van der Waals surface area contributed by atoms with Crippen LogP contribution < -0.4 is 0 Å². The molecule has 0 fully saturated rings. The van der Waals surface area contributed by atoms with Crippen LogP contribution in [0.15, 0.2) is 0 Å². The molecule has 0 aromatic heterocycles. The largest absolute Gasteiger partial charge is 0.346 e. The van der Waals surface area contributed by atoms with Crippen LogP contribution in [0.5, 0.6) is 0 Å². The van der Waals surface area contributed by atoms with Crippen molar-refractivity contribution in [3.63, 3.8) is 0 Å². The maximum atomic E-state index is 8.29. The molecule has 0 atom stereocenters. The number of ether oxygens (including phenoxy) is 1. The standard InChI is InChI=1S/C8H18O3/c1-7(2)5-3-4-6-11-8(9)10/h7-10H,3-6H2,1-2H3.